The highest BCUT2D eigenvalue weighted by Gasteiger charge is 2.43. The second kappa shape index (κ2) is 5.41. The van der Waals surface area contributed by atoms with Crippen LogP contribution in [0.1, 0.15) is 35.7 Å². The van der Waals surface area contributed by atoms with Gasteiger partial charge >= 0.3 is 0 Å². The van der Waals surface area contributed by atoms with E-state index >= 15 is 0 Å². The average Bonchev–Trinajstić information content (AvgIpc) is 3.12. The SMILES string of the molecule is Cn1cc(CC(=O)N2[C@H]3CC[C@H]2c2cncnc2C3)c2ccccc21. The van der Waals surface area contributed by atoms with Crippen LogP contribution in [-0.2, 0) is 24.7 Å². The summed E-state index contributed by atoms with van der Waals surface area (Å²) >= 11 is 0. The van der Waals surface area contributed by atoms with E-state index in [1.807, 2.05) is 25.4 Å². The zero-order chi connectivity index (χ0) is 17.0. The Morgan fingerprint density at radius 1 is 1.28 bits per heavy atom. The number of carbonyl (C=O) groups excluding carboxylic acids is 1. The zero-order valence-electron chi connectivity index (χ0n) is 14.2. The van der Waals surface area contributed by atoms with Gasteiger partial charge in [0.25, 0.3) is 0 Å². The summed E-state index contributed by atoms with van der Waals surface area (Å²) < 4.78 is 2.10. The largest absolute Gasteiger partial charge is 0.350 e. The first-order valence-corrected chi connectivity index (χ1v) is 8.85. The van der Waals surface area contributed by atoms with Crippen LogP contribution in [0.4, 0.5) is 0 Å². The third-order valence-electron chi connectivity index (χ3n) is 5.73. The Balaban J connectivity index is 1.47. The number of hydrogen-bond acceptors (Lipinski definition) is 3. The molecule has 0 radical (unpaired) electrons. The van der Waals surface area contributed by atoms with Crippen LogP contribution in [0, 0.1) is 0 Å². The molecule has 4 heterocycles. The van der Waals surface area contributed by atoms with Crippen molar-refractivity contribution in [2.45, 2.75) is 37.8 Å². The molecule has 0 aliphatic carbocycles. The molecule has 25 heavy (non-hydrogen) atoms. The van der Waals surface area contributed by atoms with E-state index in [0.717, 1.165) is 36.1 Å². The molecule has 0 unspecified atom stereocenters. The highest BCUT2D eigenvalue weighted by molar-refractivity contribution is 5.89. The third-order valence-corrected chi connectivity index (χ3v) is 5.73. The van der Waals surface area contributed by atoms with Crippen LogP contribution >= 0.6 is 0 Å². The molecule has 126 valence electrons. The summed E-state index contributed by atoms with van der Waals surface area (Å²) in [5.74, 6) is 0.221. The van der Waals surface area contributed by atoms with Crippen molar-refractivity contribution in [2.24, 2.45) is 7.05 Å². The lowest BCUT2D eigenvalue weighted by Crippen LogP contribution is -2.43. The second-order valence-electron chi connectivity index (χ2n) is 7.14. The van der Waals surface area contributed by atoms with Crippen molar-refractivity contribution in [1.82, 2.24) is 19.4 Å². The predicted octanol–water partition coefficient (Wildman–Crippen LogP) is 2.80. The smallest absolute Gasteiger partial charge is 0.227 e. The van der Waals surface area contributed by atoms with Crippen LogP contribution < -0.4 is 0 Å². The Kier molecular flexibility index (Phi) is 3.17. The lowest BCUT2D eigenvalue weighted by molar-refractivity contribution is -0.134. The van der Waals surface area contributed by atoms with Gasteiger partial charge in [-0.25, -0.2) is 9.97 Å². The van der Waals surface area contributed by atoms with E-state index in [1.54, 1.807) is 6.33 Å². The lowest BCUT2D eigenvalue weighted by Gasteiger charge is -2.35. The molecule has 1 amide bonds. The quantitative estimate of drug-likeness (QED) is 0.725. The number of aromatic nitrogens is 3. The molecule has 3 aromatic rings. The maximum Gasteiger partial charge on any atom is 0.227 e. The first kappa shape index (κ1) is 14.6. The number of para-hydroxylation sites is 1. The fraction of sp³-hybridized carbons (Fsp3) is 0.350. The third kappa shape index (κ3) is 2.18. The summed E-state index contributed by atoms with van der Waals surface area (Å²) in [6.45, 7) is 0. The van der Waals surface area contributed by atoms with E-state index in [1.165, 1.54) is 10.9 Å². The molecule has 0 spiro atoms. The summed E-state index contributed by atoms with van der Waals surface area (Å²) in [7, 11) is 2.04. The molecule has 2 aliphatic heterocycles. The summed E-state index contributed by atoms with van der Waals surface area (Å²) in [5.41, 5.74) is 4.54. The van der Waals surface area contributed by atoms with E-state index in [-0.39, 0.29) is 18.0 Å². The summed E-state index contributed by atoms with van der Waals surface area (Å²) in [6.07, 6.45) is 8.99. The van der Waals surface area contributed by atoms with Gasteiger partial charge in [-0.05, 0) is 24.5 Å². The molecular formula is C20H20N4O. The van der Waals surface area contributed by atoms with Gasteiger partial charge < -0.3 is 9.47 Å². The van der Waals surface area contributed by atoms with Gasteiger partial charge in [-0.2, -0.15) is 0 Å². The number of aryl methyl sites for hydroxylation is 1. The molecule has 1 aromatic carbocycles. The van der Waals surface area contributed by atoms with E-state index in [2.05, 4.69) is 37.8 Å². The highest BCUT2D eigenvalue weighted by atomic mass is 16.2. The molecule has 5 nitrogen and oxygen atoms in total. The molecule has 1 saturated heterocycles. The van der Waals surface area contributed by atoms with Gasteiger partial charge in [-0.15, -0.1) is 0 Å². The van der Waals surface area contributed by atoms with Crippen LogP contribution in [0.15, 0.2) is 43.0 Å². The van der Waals surface area contributed by atoms with E-state index in [9.17, 15) is 4.79 Å². The minimum absolute atomic E-state index is 0.150. The topological polar surface area (TPSA) is 51.0 Å². The van der Waals surface area contributed by atoms with E-state index in [4.69, 9.17) is 0 Å². The monoisotopic (exact) mass is 332 g/mol. The number of benzene rings is 1. The number of carbonyl (C=O) groups is 1. The minimum Gasteiger partial charge on any atom is -0.350 e. The number of hydrogen-bond donors (Lipinski definition) is 0. The van der Waals surface area contributed by atoms with Gasteiger partial charge in [0, 0.05) is 48.4 Å². The molecular weight excluding hydrogens is 312 g/mol. The molecule has 0 N–H and O–H groups in total. The standard InChI is InChI=1S/C20H20N4O/c1-23-11-13(15-4-2-3-5-18(15)23)8-20(25)24-14-6-7-19(24)16-10-21-12-22-17(16)9-14/h2-5,10-12,14,19H,6-9H2,1H3/t14-,19-/m0/s1. The van der Waals surface area contributed by atoms with Crippen molar-refractivity contribution in [3.8, 4) is 0 Å². The van der Waals surface area contributed by atoms with Crippen molar-refractivity contribution < 1.29 is 4.79 Å². The van der Waals surface area contributed by atoms with Crippen molar-refractivity contribution in [3.05, 3.63) is 59.8 Å². The first-order valence-electron chi connectivity index (χ1n) is 8.85. The van der Waals surface area contributed by atoms with Gasteiger partial charge in [-0.3, -0.25) is 4.79 Å². The number of amides is 1. The van der Waals surface area contributed by atoms with Gasteiger partial charge in [-0.1, -0.05) is 18.2 Å². The maximum atomic E-state index is 13.2. The molecule has 2 aliphatic rings. The molecule has 2 aromatic heterocycles. The Morgan fingerprint density at radius 3 is 3.08 bits per heavy atom. The fourth-order valence-corrected chi connectivity index (χ4v) is 4.62. The minimum atomic E-state index is 0.150. The molecule has 5 heteroatoms. The zero-order valence-corrected chi connectivity index (χ0v) is 14.2. The Hall–Kier alpha value is -2.69. The number of fused-ring (bicyclic) bond motifs is 5. The van der Waals surface area contributed by atoms with Crippen molar-refractivity contribution in [1.29, 1.82) is 0 Å². The van der Waals surface area contributed by atoms with Crippen LogP contribution in [-0.4, -0.2) is 31.4 Å². The maximum absolute atomic E-state index is 13.2. The molecule has 0 saturated carbocycles. The summed E-state index contributed by atoms with van der Waals surface area (Å²) in [6, 6.07) is 8.71. The first-order chi connectivity index (χ1) is 12.2. The van der Waals surface area contributed by atoms with Gasteiger partial charge in [0.05, 0.1) is 18.2 Å². The van der Waals surface area contributed by atoms with Gasteiger partial charge in [0.15, 0.2) is 0 Å². The number of rotatable bonds is 2. The van der Waals surface area contributed by atoms with Crippen molar-refractivity contribution in [2.75, 3.05) is 0 Å². The van der Waals surface area contributed by atoms with Gasteiger partial charge in [0.2, 0.25) is 5.91 Å². The lowest BCUT2D eigenvalue weighted by atomic mass is 9.98. The Bertz CT molecular complexity index is 977. The Labute approximate surface area is 146 Å². The molecule has 5 rings (SSSR count). The van der Waals surface area contributed by atoms with Crippen molar-refractivity contribution >= 4 is 16.8 Å². The Morgan fingerprint density at radius 2 is 2.16 bits per heavy atom. The van der Waals surface area contributed by atoms with Gasteiger partial charge in [0.1, 0.15) is 6.33 Å². The predicted molar refractivity (Wildman–Crippen MR) is 95.0 cm³/mol. The highest BCUT2D eigenvalue weighted by Crippen LogP contribution is 2.43. The van der Waals surface area contributed by atoms with E-state index in [0.29, 0.717) is 6.42 Å². The van der Waals surface area contributed by atoms with Crippen LogP contribution in [0.3, 0.4) is 0 Å². The normalized spacial score (nSPS) is 21.6. The van der Waals surface area contributed by atoms with E-state index < -0.39 is 0 Å². The number of nitrogens with zero attached hydrogens (tertiary/aromatic N) is 4. The molecule has 2 bridgehead atoms. The molecule has 2 atom stereocenters. The van der Waals surface area contributed by atoms with Crippen LogP contribution in [0.2, 0.25) is 0 Å². The second-order valence-corrected chi connectivity index (χ2v) is 7.14. The average molecular weight is 332 g/mol. The van der Waals surface area contributed by atoms with Crippen LogP contribution in [0.5, 0.6) is 0 Å². The summed E-state index contributed by atoms with van der Waals surface area (Å²) in [4.78, 5) is 23.9. The molecule has 1 fully saturated rings. The van der Waals surface area contributed by atoms with Crippen molar-refractivity contribution in [3.63, 3.8) is 0 Å². The summed E-state index contributed by atoms with van der Waals surface area (Å²) in [5, 5.41) is 1.17. The fourth-order valence-electron chi connectivity index (χ4n) is 4.62. The van der Waals surface area contributed by atoms with Crippen LogP contribution in [0.25, 0.3) is 10.9 Å².